The molecule has 0 spiro atoms. The van der Waals surface area contributed by atoms with Gasteiger partial charge in [0.15, 0.2) is 0 Å². The summed E-state index contributed by atoms with van der Waals surface area (Å²) in [6.45, 7) is 2.08. The Morgan fingerprint density at radius 1 is 1.00 bits per heavy atom. The molecule has 218 valence electrons. The summed E-state index contributed by atoms with van der Waals surface area (Å²) in [6, 6.07) is 5.31. The first-order chi connectivity index (χ1) is 18.7. The van der Waals surface area contributed by atoms with Crippen LogP contribution in [0.1, 0.15) is 47.1 Å². The van der Waals surface area contributed by atoms with Crippen LogP contribution in [0.3, 0.4) is 0 Å². The Hall–Kier alpha value is -3.19. The molecular weight excluding hydrogens is 547 g/mol. The van der Waals surface area contributed by atoms with Crippen molar-refractivity contribution >= 4 is 11.9 Å². The second kappa shape index (κ2) is 11.4. The number of halogens is 7. The summed E-state index contributed by atoms with van der Waals surface area (Å²) in [4.78, 5) is 26.1. The van der Waals surface area contributed by atoms with E-state index in [0.29, 0.717) is 55.6 Å². The Kier molecular flexibility index (Phi) is 8.46. The number of carbonyl (C=O) groups is 2. The number of rotatable bonds is 6. The highest BCUT2D eigenvalue weighted by Crippen LogP contribution is 2.41. The first-order valence-corrected chi connectivity index (χ1v) is 12.7. The lowest BCUT2D eigenvalue weighted by atomic mass is 9.78. The summed E-state index contributed by atoms with van der Waals surface area (Å²) >= 11 is 0. The molecular formula is C27H28F7N3O3. The van der Waals surface area contributed by atoms with Crippen molar-refractivity contribution in [1.29, 1.82) is 0 Å². The number of nitrogens with one attached hydrogen (secondary N) is 1. The fourth-order valence-electron chi connectivity index (χ4n) is 5.44. The van der Waals surface area contributed by atoms with Crippen molar-refractivity contribution in [3.05, 3.63) is 70.0 Å². The molecule has 40 heavy (non-hydrogen) atoms. The number of esters is 1. The Bertz CT molecular complexity index is 1230. The summed E-state index contributed by atoms with van der Waals surface area (Å²) in [5.74, 6) is -1.54. The van der Waals surface area contributed by atoms with Gasteiger partial charge >= 0.3 is 18.3 Å². The monoisotopic (exact) mass is 575 g/mol. The van der Waals surface area contributed by atoms with Crippen LogP contribution in [-0.4, -0.2) is 54.7 Å². The van der Waals surface area contributed by atoms with E-state index in [2.05, 4.69) is 5.32 Å². The van der Waals surface area contributed by atoms with E-state index in [1.54, 1.807) is 16.9 Å². The number of cyclic esters (lactones) is 1. The Labute approximate surface area is 226 Å². The molecule has 2 heterocycles. The van der Waals surface area contributed by atoms with Gasteiger partial charge < -0.3 is 10.1 Å². The third-order valence-electron chi connectivity index (χ3n) is 7.22. The molecule has 2 aliphatic rings. The number of aryl methyl sites for hydroxylation is 1. The van der Waals surface area contributed by atoms with Gasteiger partial charge in [-0.3, -0.25) is 9.59 Å². The number of morpholine rings is 1. The first-order valence-electron chi connectivity index (χ1n) is 12.7. The van der Waals surface area contributed by atoms with Gasteiger partial charge in [-0.15, -0.1) is 0 Å². The van der Waals surface area contributed by atoms with Crippen molar-refractivity contribution in [2.45, 2.75) is 50.5 Å². The topological polar surface area (TPSA) is 61.9 Å². The average molecular weight is 576 g/mol. The highest BCUT2D eigenvalue weighted by Gasteiger charge is 2.50. The Morgan fingerprint density at radius 3 is 2.27 bits per heavy atom. The quantitative estimate of drug-likeness (QED) is 0.389. The van der Waals surface area contributed by atoms with E-state index < -0.39 is 46.7 Å². The predicted molar refractivity (Wildman–Crippen MR) is 129 cm³/mol. The molecule has 0 aliphatic carbocycles. The van der Waals surface area contributed by atoms with Gasteiger partial charge in [-0.25, -0.2) is 14.4 Å². The molecule has 2 aromatic carbocycles. The van der Waals surface area contributed by atoms with Gasteiger partial charge in [-0.05, 0) is 79.6 Å². The molecule has 1 atom stereocenters. The molecule has 6 nitrogen and oxygen atoms in total. The van der Waals surface area contributed by atoms with E-state index in [1.165, 1.54) is 18.2 Å². The molecule has 1 unspecified atom stereocenters. The summed E-state index contributed by atoms with van der Waals surface area (Å²) in [5, 5.41) is 6.17. The number of alkyl halides is 6. The molecule has 13 heteroatoms. The van der Waals surface area contributed by atoms with Crippen LogP contribution in [0.2, 0.25) is 0 Å². The predicted octanol–water partition coefficient (Wildman–Crippen LogP) is 4.99. The van der Waals surface area contributed by atoms with Crippen molar-refractivity contribution in [2.24, 2.45) is 0 Å². The number of hydrazine groups is 1. The molecule has 0 radical (unpaired) electrons. The van der Waals surface area contributed by atoms with E-state index in [4.69, 9.17) is 4.74 Å². The summed E-state index contributed by atoms with van der Waals surface area (Å²) < 4.78 is 98.7. The average Bonchev–Trinajstić information content (AvgIpc) is 2.87. The minimum atomic E-state index is -4.98. The number of ether oxygens (including phenoxy) is 1. The third kappa shape index (κ3) is 6.25. The van der Waals surface area contributed by atoms with Crippen LogP contribution in [0.25, 0.3) is 0 Å². The van der Waals surface area contributed by atoms with Crippen LogP contribution in [0.4, 0.5) is 30.7 Å². The van der Waals surface area contributed by atoms with E-state index in [9.17, 15) is 40.3 Å². The van der Waals surface area contributed by atoms with Gasteiger partial charge in [0.25, 0.3) is 0 Å². The molecule has 0 bridgehead atoms. The lowest BCUT2D eigenvalue weighted by Crippen LogP contribution is -2.66. The number of amides is 1. The Balaban J connectivity index is 1.65. The van der Waals surface area contributed by atoms with Crippen LogP contribution < -0.4 is 5.32 Å². The second-order valence-corrected chi connectivity index (χ2v) is 9.93. The second-order valence-electron chi connectivity index (χ2n) is 9.93. The van der Waals surface area contributed by atoms with E-state index >= 15 is 0 Å². The molecule has 2 saturated heterocycles. The minimum Gasteiger partial charge on any atom is -0.463 e. The zero-order valence-corrected chi connectivity index (χ0v) is 21.6. The van der Waals surface area contributed by atoms with Crippen LogP contribution in [0.15, 0.2) is 36.4 Å². The van der Waals surface area contributed by atoms with E-state index in [1.807, 2.05) is 0 Å². The van der Waals surface area contributed by atoms with Gasteiger partial charge in [0, 0.05) is 19.6 Å². The summed E-state index contributed by atoms with van der Waals surface area (Å²) in [5.41, 5.74) is -3.53. The largest absolute Gasteiger partial charge is 0.463 e. The SMILES string of the molecule is Cc1cc(F)ccc1C1(C(=O)NCCc2cc(C(F)(F)F)cc(C(F)(F)F)c2)CCCCN1N1CCOC(=O)C1. The standard InChI is InChI=1S/C27H28F7N3O3/c1-17-12-21(28)4-5-22(17)25(7-2-3-9-37(25)36-10-11-40-23(38)16-36)24(39)35-8-6-18-13-19(26(29,30)31)15-20(14-18)27(32,33)34/h4-5,12-15H,2-3,6-11,16H2,1H3,(H,35,39). The molecule has 1 N–H and O–H groups in total. The Morgan fingerprint density at radius 2 is 1.68 bits per heavy atom. The zero-order chi connectivity index (χ0) is 29.3. The lowest BCUT2D eigenvalue weighted by molar-refractivity contribution is -0.189. The molecule has 1 amide bonds. The van der Waals surface area contributed by atoms with Crippen molar-refractivity contribution in [2.75, 3.05) is 32.8 Å². The molecule has 2 aromatic rings. The van der Waals surface area contributed by atoms with Crippen molar-refractivity contribution in [1.82, 2.24) is 15.3 Å². The van der Waals surface area contributed by atoms with E-state index in [-0.39, 0.29) is 37.7 Å². The number of hydrogen-bond acceptors (Lipinski definition) is 5. The highest BCUT2D eigenvalue weighted by molar-refractivity contribution is 5.88. The van der Waals surface area contributed by atoms with Crippen LogP contribution in [0.5, 0.6) is 0 Å². The number of hydrogen-bond donors (Lipinski definition) is 1. The molecule has 2 aliphatic heterocycles. The molecule has 0 saturated carbocycles. The molecule has 4 rings (SSSR count). The lowest BCUT2D eigenvalue weighted by Gasteiger charge is -2.51. The number of benzene rings is 2. The van der Waals surface area contributed by atoms with Crippen molar-refractivity contribution < 1.29 is 45.1 Å². The fourth-order valence-corrected chi connectivity index (χ4v) is 5.44. The molecule has 0 aromatic heterocycles. The normalized spacial score (nSPS) is 21.2. The number of piperidine rings is 1. The van der Waals surface area contributed by atoms with Gasteiger partial charge in [0.1, 0.15) is 24.5 Å². The highest BCUT2D eigenvalue weighted by atomic mass is 19.4. The van der Waals surface area contributed by atoms with Gasteiger partial charge in [0.05, 0.1) is 11.1 Å². The maximum Gasteiger partial charge on any atom is 0.416 e. The number of nitrogens with zero attached hydrogens (tertiary/aromatic N) is 2. The number of carbonyl (C=O) groups excluding carboxylic acids is 2. The maximum atomic E-state index is 14.0. The smallest absolute Gasteiger partial charge is 0.416 e. The van der Waals surface area contributed by atoms with Gasteiger partial charge in [-0.2, -0.15) is 26.3 Å². The van der Waals surface area contributed by atoms with Crippen molar-refractivity contribution in [3.63, 3.8) is 0 Å². The minimum absolute atomic E-state index is 0.0535. The van der Waals surface area contributed by atoms with Crippen molar-refractivity contribution in [3.8, 4) is 0 Å². The van der Waals surface area contributed by atoms with Gasteiger partial charge in [0.2, 0.25) is 5.91 Å². The summed E-state index contributed by atoms with van der Waals surface area (Å²) in [6.07, 6.45) is -8.66. The third-order valence-corrected chi connectivity index (χ3v) is 7.22. The fraction of sp³-hybridized carbons (Fsp3) is 0.481. The van der Waals surface area contributed by atoms with Crippen LogP contribution in [0, 0.1) is 12.7 Å². The van der Waals surface area contributed by atoms with Crippen LogP contribution in [-0.2, 0) is 38.6 Å². The first kappa shape index (κ1) is 29.8. The van der Waals surface area contributed by atoms with Gasteiger partial charge in [-0.1, -0.05) is 6.07 Å². The van der Waals surface area contributed by atoms with E-state index in [0.717, 1.165) is 0 Å². The maximum absolute atomic E-state index is 14.0. The zero-order valence-electron chi connectivity index (χ0n) is 21.6. The van der Waals surface area contributed by atoms with Crippen LogP contribution >= 0.6 is 0 Å². The molecule has 2 fully saturated rings. The summed E-state index contributed by atoms with van der Waals surface area (Å²) in [7, 11) is 0.